The Balaban J connectivity index is 2.28. The van der Waals surface area contributed by atoms with Crippen LogP contribution in [0, 0.1) is 6.92 Å². The fourth-order valence-corrected chi connectivity index (χ4v) is 2.70. The Bertz CT molecular complexity index is 439. The molecule has 0 aromatic heterocycles. The lowest BCUT2D eigenvalue weighted by molar-refractivity contribution is -0.149. The molecule has 1 N–H and O–H groups in total. The molecule has 0 radical (unpaired) electrons. The van der Waals surface area contributed by atoms with Crippen molar-refractivity contribution >= 4 is 5.97 Å². The summed E-state index contributed by atoms with van der Waals surface area (Å²) >= 11 is 0. The molecule has 17 heavy (non-hydrogen) atoms. The highest BCUT2D eigenvalue weighted by Gasteiger charge is 2.39. The zero-order chi connectivity index (χ0) is 12.5. The van der Waals surface area contributed by atoms with Crippen LogP contribution >= 0.6 is 0 Å². The number of esters is 1. The SMILES string of the molecule is CCOC(=O)CC1(O)CCc2cccc(C)c21. The first kappa shape index (κ1) is 12.1. The number of ether oxygens (including phenoxy) is 1. The van der Waals surface area contributed by atoms with E-state index in [1.54, 1.807) is 6.92 Å². The summed E-state index contributed by atoms with van der Waals surface area (Å²) in [5.41, 5.74) is 2.09. The summed E-state index contributed by atoms with van der Waals surface area (Å²) in [6.45, 7) is 4.10. The van der Waals surface area contributed by atoms with E-state index in [2.05, 4.69) is 0 Å². The second kappa shape index (κ2) is 4.49. The number of hydrogen-bond donors (Lipinski definition) is 1. The van der Waals surface area contributed by atoms with Gasteiger partial charge >= 0.3 is 5.97 Å². The van der Waals surface area contributed by atoms with E-state index in [4.69, 9.17) is 4.74 Å². The zero-order valence-electron chi connectivity index (χ0n) is 10.3. The van der Waals surface area contributed by atoms with Crippen molar-refractivity contribution in [1.82, 2.24) is 0 Å². The predicted octanol–water partition coefficient (Wildman–Crippen LogP) is 2.08. The van der Waals surface area contributed by atoms with Crippen LogP contribution in [-0.4, -0.2) is 17.7 Å². The van der Waals surface area contributed by atoms with Gasteiger partial charge in [0.1, 0.15) is 5.60 Å². The van der Waals surface area contributed by atoms with E-state index in [0.29, 0.717) is 13.0 Å². The Hall–Kier alpha value is -1.35. The molecule has 1 aromatic carbocycles. The molecular formula is C14H18O3. The summed E-state index contributed by atoms with van der Waals surface area (Å²) < 4.78 is 4.92. The maximum atomic E-state index is 11.5. The van der Waals surface area contributed by atoms with Gasteiger partial charge in [0.15, 0.2) is 0 Å². The highest BCUT2D eigenvalue weighted by molar-refractivity contribution is 5.71. The van der Waals surface area contributed by atoms with Gasteiger partial charge in [-0.15, -0.1) is 0 Å². The second-order valence-electron chi connectivity index (χ2n) is 4.62. The lowest BCUT2D eigenvalue weighted by Crippen LogP contribution is -2.28. The van der Waals surface area contributed by atoms with Crippen molar-refractivity contribution in [2.24, 2.45) is 0 Å². The molecule has 0 spiro atoms. The molecule has 1 unspecified atom stereocenters. The van der Waals surface area contributed by atoms with Crippen LogP contribution in [0.5, 0.6) is 0 Å². The van der Waals surface area contributed by atoms with Crippen LogP contribution in [0.4, 0.5) is 0 Å². The molecule has 0 fully saturated rings. The number of benzene rings is 1. The summed E-state index contributed by atoms with van der Waals surface area (Å²) in [7, 11) is 0. The fraction of sp³-hybridized carbons (Fsp3) is 0.500. The van der Waals surface area contributed by atoms with Crippen molar-refractivity contribution in [2.45, 2.75) is 38.7 Å². The molecule has 1 aliphatic carbocycles. The van der Waals surface area contributed by atoms with E-state index in [1.165, 1.54) is 0 Å². The first-order valence-electron chi connectivity index (χ1n) is 6.04. The van der Waals surface area contributed by atoms with Crippen molar-refractivity contribution in [3.8, 4) is 0 Å². The summed E-state index contributed by atoms with van der Waals surface area (Å²) in [4.78, 5) is 11.5. The zero-order valence-corrected chi connectivity index (χ0v) is 10.3. The molecule has 0 saturated carbocycles. The first-order valence-corrected chi connectivity index (χ1v) is 6.04. The van der Waals surface area contributed by atoms with E-state index in [0.717, 1.165) is 23.1 Å². The molecular weight excluding hydrogens is 216 g/mol. The number of aliphatic hydroxyl groups is 1. The van der Waals surface area contributed by atoms with E-state index < -0.39 is 5.60 Å². The molecule has 3 heteroatoms. The van der Waals surface area contributed by atoms with Crippen LogP contribution < -0.4 is 0 Å². The molecule has 1 atom stereocenters. The van der Waals surface area contributed by atoms with Gasteiger partial charge in [-0.25, -0.2) is 0 Å². The van der Waals surface area contributed by atoms with Crippen LogP contribution in [0.3, 0.4) is 0 Å². The molecule has 0 aliphatic heterocycles. The highest BCUT2D eigenvalue weighted by Crippen LogP contribution is 2.41. The third-order valence-electron chi connectivity index (χ3n) is 3.37. The minimum atomic E-state index is -1.03. The molecule has 1 aliphatic rings. The van der Waals surface area contributed by atoms with E-state index >= 15 is 0 Å². The highest BCUT2D eigenvalue weighted by atomic mass is 16.5. The molecule has 3 nitrogen and oxygen atoms in total. The minimum absolute atomic E-state index is 0.0543. The third kappa shape index (κ3) is 2.20. The number of carbonyl (C=O) groups is 1. The van der Waals surface area contributed by atoms with Crippen molar-refractivity contribution in [1.29, 1.82) is 0 Å². The second-order valence-corrected chi connectivity index (χ2v) is 4.62. The quantitative estimate of drug-likeness (QED) is 0.814. The van der Waals surface area contributed by atoms with E-state index in [-0.39, 0.29) is 12.4 Å². The molecule has 0 bridgehead atoms. The summed E-state index contributed by atoms with van der Waals surface area (Å²) in [6, 6.07) is 5.98. The minimum Gasteiger partial charge on any atom is -0.466 e. The van der Waals surface area contributed by atoms with Crippen molar-refractivity contribution in [2.75, 3.05) is 6.61 Å². The monoisotopic (exact) mass is 234 g/mol. The molecule has 1 aromatic rings. The van der Waals surface area contributed by atoms with Gasteiger partial charge in [-0.05, 0) is 43.4 Å². The fourth-order valence-electron chi connectivity index (χ4n) is 2.70. The lowest BCUT2D eigenvalue weighted by atomic mass is 9.89. The van der Waals surface area contributed by atoms with Crippen molar-refractivity contribution < 1.29 is 14.6 Å². The molecule has 0 heterocycles. The van der Waals surface area contributed by atoms with Crippen LogP contribution in [0.25, 0.3) is 0 Å². The molecule has 0 saturated heterocycles. The number of carbonyl (C=O) groups excluding carboxylic acids is 1. The number of aryl methyl sites for hydroxylation is 2. The third-order valence-corrected chi connectivity index (χ3v) is 3.37. The molecule has 0 amide bonds. The normalized spacial score (nSPS) is 22.3. The van der Waals surface area contributed by atoms with Crippen LogP contribution in [-0.2, 0) is 21.6 Å². The standard InChI is InChI=1S/C14H18O3/c1-3-17-12(15)9-14(16)8-7-11-6-4-5-10(2)13(11)14/h4-6,16H,3,7-9H2,1-2H3. The predicted molar refractivity (Wildman–Crippen MR) is 64.6 cm³/mol. The van der Waals surface area contributed by atoms with Crippen molar-refractivity contribution in [3.05, 3.63) is 34.9 Å². The summed E-state index contributed by atoms with van der Waals surface area (Å²) in [5, 5.41) is 10.6. The Morgan fingerprint density at radius 2 is 2.29 bits per heavy atom. The average molecular weight is 234 g/mol. The smallest absolute Gasteiger partial charge is 0.309 e. The maximum absolute atomic E-state index is 11.5. The molecule has 2 rings (SSSR count). The van der Waals surface area contributed by atoms with Gasteiger partial charge in [-0.2, -0.15) is 0 Å². The van der Waals surface area contributed by atoms with Crippen LogP contribution in [0.1, 0.15) is 36.5 Å². The average Bonchev–Trinajstić information content (AvgIpc) is 2.58. The number of fused-ring (bicyclic) bond motifs is 1. The van der Waals surface area contributed by atoms with Crippen molar-refractivity contribution in [3.63, 3.8) is 0 Å². The van der Waals surface area contributed by atoms with E-state index in [1.807, 2.05) is 25.1 Å². The van der Waals surface area contributed by atoms with E-state index in [9.17, 15) is 9.90 Å². The van der Waals surface area contributed by atoms with Gasteiger partial charge in [-0.1, -0.05) is 18.2 Å². The number of hydrogen-bond acceptors (Lipinski definition) is 3. The molecule has 92 valence electrons. The Kier molecular flexibility index (Phi) is 3.20. The number of rotatable bonds is 3. The Labute approximate surface area is 101 Å². The van der Waals surface area contributed by atoms with Crippen LogP contribution in [0.15, 0.2) is 18.2 Å². The van der Waals surface area contributed by atoms with Gasteiger partial charge in [0, 0.05) is 0 Å². The topological polar surface area (TPSA) is 46.5 Å². The maximum Gasteiger partial charge on any atom is 0.309 e. The first-order chi connectivity index (χ1) is 8.07. The van der Waals surface area contributed by atoms with Gasteiger partial charge in [0.25, 0.3) is 0 Å². The van der Waals surface area contributed by atoms with Crippen LogP contribution in [0.2, 0.25) is 0 Å². The van der Waals surface area contributed by atoms with Gasteiger partial charge in [0.05, 0.1) is 13.0 Å². The van der Waals surface area contributed by atoms with Gasteiger partial charge in [0.2, 0.25) is 0 Å². The van der Waals surface area contributed by atoms with Gasteiger partial charge in [-0.3, -0.25) is 4.79 Å². The Morgan fingerprint density at radius 3 is 3.00 bits per heavy atom. The summed E-state index contributed by atoms with van der Waals surface area (Å²) in [5.74, 6) is -0.328. The Morgan fingerprint density at radius 1 is 1.53 bits per heavy atom. The van der Waals surface area contributed by atoms with Gasteiger partial charge < -0.3 is 9.84 Å². The lowest BCUT2D eigenvalue weighted by Gasteiger charge is -2.24. The largest absolute Gasteiger partial charge is 0.466 e. The summed E-state index contributed by atoms with van der Waals surface area (Å²) in [6.07, 6.45) is 1.48.